The third-order valence-electron chi connectivity index (χ3n) is 4.08. The minimum absolute atomic E-state index is 0. The van der Waals surface area contributed by atoms with Gasteiger partial charge in [-0.2, -0.15) is 0 Å². The number of halogens is 1. The molecule has 0 spiro atoms. The summed E-state index contributed by atoms with van der Waals surface area (Å²) in [6.07, 6.45) is 2.33. The maximum atomic E-state index is 6.05. The van der Waals surface area contributed by atoms with Crippen molar-refractivity contribution in [1.29, 1.82) is 0 Å². The van der Waals surface area contributed by atoms with Crippen LogP contribution in [0.4, 0.5) is 5.69 Å². The van der Waals surface area contributed by atoms with Gasteiger partial charge in [-0.3, -0.25) is 4.99 Å². The molecule has 0 aromatic heterocycles. The Morgan fingerprint density at radius 1 is 1.12 bits per heavy atom. The Kier molecular flexibility index (Phi) is 7.45. The Morgan fingerprint density at radius 2 is 1.81 bits per heavy atom. The van der Waals surface area contributed by atoms with E-state index in [0.717, 1.165) is 5.69 Å². The molecular formula is C19H24IN3O2S. The van der Waals surface area contributed by atoms with E-state index in [1.807, 2.05) is 36.0 Å². The van der Waals surface area contributed by atoms with Gasteiger partial charge < -0.3 is 20.5 Å². The molecular weight excluding hydrogens is 461 g/mol. The predicted octanol–water partition coefficient (Wildman–Crippen LogP) is 4.37. The third-order valence-corrected chi connectivity index (χ3v) is 5.56. The lowest BCUT2D eigenvalue weighted by Crippen LogP contribution is -2.24. The smallest absolute Gasteiger partial charge is 0.193 e. The van der Waals surface area contributed by atoms with Crippen molar-refractivity contribution in [2.24, 2.45) is 10.7 Å². The molecule has 0 heterocycles. The van der Waals surface area contributed by atoms with Gasteiger partial charge >= 0.3 is 0 Å². The van der Waals surface area contributed by atoms with Crippen LogP contribution in [0.5, 0.6) is 11.5 Å². The van der Waals surface area contributed by atoms with Crippen molar-refractivity contribution >= 4 is 47.4 Å². The molecule has 0 bridgehead atoms. The molecule has 1 aliphatic rings. The number of methoxy groups -OCH3 is 2. The van der Waals surface area contributed by atoms with Crippen LogP contribution in [0.3, 0.4) is 0 Å². The number of rotatable bonds is 7. The molecule has 1 saturated carbocycles. The molecule has 3 N–H and O–H groups in total. The number of nitrogens with zero attached hydrogens (tertiary/aromatic N) is 1. The van der Waals surface area contributed by atoms with Crippen molar-refractivity contribution in [1.82, 2.24) is 0 Å². The largest absolute Gasteiger partial charge is 0.493 e. The van der Waals surface area contributed by atoms with E-state index < -0.39 is 0 Å². The quantitative estimate of drug-likeness (QED) is 0.346. The van der Waals surface area contributed by atoms with Crippen LogP contribution >= 0.6 is 35.7 Å². The van der Waals surface area contributed by atoms with Gasteiger partial charge in [0.05, 0.1) is 20.8 Å². The zero-order valence-electron chi connectivity index (χ0n) is 14.9. The highest BCUT2D eigenvalue weighted by atomic mass is 127. The Balaban J connectivity index is 0.00000243. The molecule has 1 fully saturated rings. The number of ether oxygens (including phenoxy) is 2. The molecule has 0 unspecified atom stereocenters. The van der Waals surface area contributed by atoms with E-state index in [1.165, 1.54) is 17.7 Å². The highest BCUT2D eigenvalue weighted by Crippen LogP contribution is 2.51. The summed E-state index contributed by atoms with van der Waals surface area (Å²) in [4.78, 5) is 5.82. The fraction of sp³-hybridized carbons (Fsp3) is 0.316. The van der Waals surface area contributed by atoms with Gasteiger partial charge in [-0.1, -0.05) is 18.2 Å². The molecule has 2 aromatic carbocycles. The van der Waals surface area contributed by atoms with E-state index in [9.17, 15) is 0 Å². The predicted molar refractivity (Wildman–Crippen MR) is 119 cm³/mol. The summed E-state index contributed by atoms with van der Waals surface area (Å²) in [6.45, 7) is 0.707. The van der Waals surface area contributed by atoms with Crippen LogP contribution in [0, 0.1) is 0 Å². The van der Waals surface area contributed by atoms with Crippen LogP contribution in [-0.4, -0.2) is 31.5 Å². The van der Waals surface area contributed by atoms with E-state index in [2.05, 4.69) is 34.6 Å². The van der Waals surface area contributed by atoms with Crippen molar-refractivity contribution in [2.75, 3.05) is 26.1 Å². The fourth-order valence-corrected chi connectivity index (χ4v) is 3.73. The summed E-state index contributed by atoms with van der Waals surface area (Å²) in [7, 11) is 3.22. The third kappa shape index (κ3) is 5.44. The van der Waals surface area contributed by atoms with E-state index in [-0.39, 0.29) is 28.7 Å². The number of aliphatic imine (C=N–C) groups is 1. The lowest BCUT2D eigenvalue weighted by Gasteiger charge is -2.14. The van der Waals surface area contributed by atoms with Crippen molar-refractivity contribution in [3.8, 4) is 11.5 Å². The van der Waals surface area contributed by atoms with Crippen molar-refractivity contribution in [2.45, 2.75) is 22.5 Å². The molecule has 7 heteroatoms. The number of nitrogens with one attached hydrogen (secondary N) is 1. The van der Waals surface area contributed by atoms with E-state index in [1.54, 1.807) is 14.2 Å². The molecule has 5 nitrogen and oxygen atoms in total. The molecule has 0 atom stereocenters. The molecule has 26 heavy (non-hydrogen) atoms. The second kappa shape index (κ2) is 9.36. The van der Waals surface area contributed by atoms with Crippen molar-refractivity contribution < 1.29 is 9.47 Å². The summed E-state index contributed by atoms with van der Waals surface area (Å²) in [5.74, 6) is 1.74. The zero-order valence-corrected chi connectivity index (χ0v) is 18.0. The lowest BCUT2D eigenvalue weighted by atomic mass is 10.3. The summed E-state index contributed by atoms with van der Waals surface area (Å²) in [5.41, 5.74) is 6.87. The number of thioether (sulfide) groups is 1. The van der Waals surface area contributed by atoms with Gasteiger partial charge in [0, 0.05) is 21.4 Å². The van der Waals surface area contributed by atoms with Crippen molar-refractivity contribution in [3.63, 3.8) is 0 Å². The molecule has 0 saturated heterocycles. The van der Waals surface area contributed by atoms with Crippen LogP contribution in [-0.2, 0) is 0 Å². The minimum Gasteiger partial charge on any atom is -0.493 e. The number of hydrogen-bond donors (Lipinski definition) is 2. The Labute approximate surface area is 175 Å². The second-order valence-electron chi connectivity index (χ2n) is 5.99. The molecule has 3 rings (SSSR count). The van der Waals surface area contributed by atoms with Gasteiger partial charge in [0.1, 0.15) is 0 Å². The summed E-state index contributed by atoms with van der Waals surface area (Å²) in [6, 6.07) is 16.0. The first-order valence-electron chi connectivity index (χ1n) is 8.17. The molecule has 0 radical (unpaired) electrons. The Hall–Kier alpha value is -1.61. The average Bonchev–Trinajstić information content (AvgIpc) is 3.40. The van der Waals surface area contributed by atoms with Crippen LogP contribution in [0.1, 0.15) is 12.8 Å². The summed E-state index contributed by atoms with van der Waals surface area (Å²) >= 11 is 1.89. The maximum absolute atomic E-state index is 6.05. The average molecular weight is 485 g/mol. The number of hydrogen-bond acceptors (Lipinski definition) is 4. The van der Waals surface area contributed by atoms with Gasteiger partial charge in [-0.15, -0.1) is 35.7 Å². The van der Waals surface area contributed by atoms with Gasteiger partial charge in [0.2, 0.25) is 0 Å². The van der Waals surface area contributed by atoms with Gasteiger partial charge in [-0.25, -0.2) is 0 Å². The molecule has 1 aliphatic carbocycles. The summed E-state index contributed by atoms with van der Waals surface area (Å²) in [5, 5.41) is 3.12. The molecule has 140 valence electrons. The Morgan fingerprint density at radius 3 is 2.42 bits per heavy atom. The molecule has 2 aromatic rings. The first-order valence-corrected chi connectivity index (χ1v) is 8.99. The number of anilines is 1. The SMILES string of the molecule is COc1ccc(NC(N)=NCC2(Sc3ccccc3)CC2)cc1OC.I. The van der Waals surface area contributed by atoms with E-state index >= 15 is 0 Å². The maximum Gasteiger partial charge on any atom is 0.193 e. The van der Waals surface area contributed by atoms with Gasteiger partial charge in [0.15, 0.2) is 17.5 Å². The topological polar surface area (TPSA) is 68.9 Å². The first kappa shape index (κ1) is 20.7. The normalized spacial score (nSPS) is 14.9. The van der Waals surface area contributed by atoms with Crippen LogP contribution in [0.25, 0.3) is 0 Å². The lowest BCUT2D eigenvalue weighted by molar-refractivity contribution is 0.355. The second-order valence-corrected chi connectivity index (χ2v) is 7.54. The Bertz CT molecular complexity index is 752. The summed E-state index contributed by atoms with van der Waals surface area (Å²) < 4.78 is 10.7. The zero-order chi connectivity index (χ0) is 17.7. The van der Waals surface area contributed by atoms with E-state index in [0.29, 0.717) is 24.0 Å². The number of nitrogens with two attached hydrogens (primary N) is 1. The standard InChI is InChI=1S/C19H23N3O2S.HI/c1-23-16-9-8-14(12-17(16)24-2)22-18(20)21-13-19(10-11-19)25-15-6-4-3-5-7-15;/h3-9,12H,10-11,13H2,1-2H3,(H3,20,21,22);1H. The fourth-order valence-electron chi connectivity index (χ4n) is 2.50. The first-order chi connectivity index (χ1) is 12.1. The van der Waals surface area contributed by atoms with Crippen LogP contribution in [0.2, 0.25) is 0 Å². The van der Waals surface area contributed by atoms with Gasteiger partial charge in [0.25, 0.3) is 0 Å². The number of guanidine groups is 1. The van der Waals surface area contributed by atoms with Crippen molar-refractivity contribution in [3.05, 3.63) is 48.5 Å². The highest BCUT2D eigenvalue weighted by molar-refractivity contribution is 14.0. The molecule has 0 aliphatic heterocycles. The highest BCUT2D eigenvalue weighted by Gasteiger charge is 2.43. The van der Waals surface area contributed by atoms with E-state index in [4.69, 9.17) is 15.2 Å². The van der Waals surface area contributed by atoms with Crippen LogP contribution < -0.4 is 20.5 Å². The molecule has 0 amide bonds. The number of benzene rings is 2. The van der Waals surface area contributed by atoms with Gasteiger partial charge in [-0.05, 0) is 37.1 Å². The minimum atomic E-state index is 0. The monoisotopic (exact) mass is 485 g/mol. The van der Waals surface area contributed by atoms with Crippen LogP contribution in [0.15, 0.2) is 58.4 Å².